The highest BCUT2D eigenvalue weighted by Crippen LogP contribution is 2.13. The molecule has 0 fully saturated rings. The van der Waals surface area contributed by atoms with Gasteiger partial charge in [-0.05, 0) is 19.5 Å². The molecule has 1 amide bonds. The van der Waals surface area contributed by atoms with Gasteiger partial charge in [-0.15, -0.1) is 12.4 Å². The fraction of sp³-hybridized carbons (Fsp3) is 0.471. The van der Waals surface area contributed by atoms with E-state index in [1.807, 2.05) is 19.2 Å². The van der Waals surface area contributed by atoms with Crippen molar-refractivity contribution in [2.75, 3.05) is 20.1 Å². The van der Waals surface area contributed by atoms with Gasteiger partial charge in [0.05, 0.1) is 5.39 Å². The van der Waals surface area contributed by atoms with Gasteiger partial charge in [0.25, 0.3) is 11.5 Å². The van der Waals surface area contributed by atoms with Crippen LogP contribution in [0.4, 0.5) is 0 Å². The number of nitrogens with zero attached hydrogens (tertiary/aromatic N) is 2. The highest BCUT2D eigenvalue weighted by molar-refractivity contribution is 6.04. The largest absolute Gasteiger partial charge is 0.349 e. The van der Waals surface area contributed by atoms with Gasteiger partial charge in [-0.2, -0.15) is 5.10 Å². The number of amides is 1. The smallest absolute Gasteiger partial charge is 0.274 e. The number of rotatable bonds is 8. The number of nitrogens with one attached hydrogen (secondary N) is 2. The minimum absolute atomic E-state index is 0. The van der Waals surface area contributed by atoms with Gasteiger partial charge in [-0.1, -0.05) is 38.0 Å². The van der Waals surface area contributed by atoms with E-state index in [1.54, 1.807) is 12.1 Å². The van der Waals surface area contributed by atoms with Gasteiger partial charge in [0.2, 0.25) is 0 Å². The first kappa shape index (κ1) is 20.1. The lowest BCUT2D eigenvalue weighted by molar-refractivity contribution is 0.0948. The Morgan fingerprint density at radius 2 is 1.88 bits per heavy atom. The van der Waals surface area contributed by atoms with E-state index < -0.39 is 0 Å². The van der Waals surface area contributed by atoms with Gasteiger partial charge in [0, 0.05) is 25.0 Å². The van der Waals surface area contributed by atoms with Crippen LogP contribution in [0.2, 0.25) is 0 Å². The number of benzene rings is 1. The van der Waals surface area contributed by atoms with Crippen molar-refractivity contribution < 1.29 is 4.79 Å². The molecule has 0 unspecified atom stereocenters. The van der Waals surface area contributed by atoms with Crippen LogP contribution >= 0.6 is 12.4 Å². The summed E-state index contributed by atoms with van der Waals surface area (Å²) in [4.78, 5) is 24.9. The molecule has 132 valence electrons. The lowest BCUT2D eigenvalue weighted by Gasteiger charge is -2.11. The van der Waals surface area contributed by atoms with Crippen LogP contribution in [0, 0.1) is 0 Å². The number of aromatic nitrogens is 2. The topological polar surface area (TPSA) is 76.0 Å². The van der Waals surface area contributed by atoms with Crippen LogP contribution in [0.3, 0.4) is 0 Å². The molecule has 1 aromatic heterocycles. The number of carbonyl (C=O) groups is 1. The number of likely N-dealkylation sites (N-methyl/N-ethyl adjacent to an activating group) is 1. The fourth-order valence-corrected chi connectivity index (χ4v) is 2.45. The summed E-state index contributed by atoms with van der Waals surface area (Å²) in [6.45, 7) is 3.84. The monoisotopic (exact) mass is 352 g/mol. The lowest BCUT2D eigenvalue weighted by atomic mass is 10.1. The average molecular weight is 353 g/mol. The molecule has 2 aromatic rings. The average Bonchev–Trinajstić information content (AvgIpc) is 2.57. The van der Waals surface area contributed by atoms with Gasteiger partial charge in [-0.25, -0.2) is 4.68 Å². The molecule has 0 aliphatic heterocycles. The minimum Gasteiger partial charge on any atom is -0.349 e. The number of fused-ring (bicyclic) bond motifs is 1. The predicted molar refractivity (Wildman–Crippen MR) is 99.0 cm³/mol. The van der Waals surface area contributed by atoms with Gasteiger partial charge in [0.15, 0.2) is 5.69 Å². The first-order valence-electron chi connectivity index (χ1n) is 8.11. The van der Waals surface area contributed by atoms with Crippen molar-refractivity contribution in [2.45, 2.75) is 32.7 Å². The Morgan fingerprint density at radius 3 is 2.54 bits per heavy atom. The van der Waals surface area contributed by atoms with E-state index >= 15 is 0 Å². The van der Waals surface area contributed by atoms with E-state index in [4.69, 9.17) is 0 Å². The van der Waals surface area contributed by atoms with Crippen LogP contribution in [0.15, 0.2) is 29.1 Å². The van der Waals surface area contributed by atoms with Crippen molar-refractivity contribution in [3.05, 3.63) is 40.3 Å². The number of aryl methyl sites for hydroxylation is 1. The normalized spacial score (nSPS) is 10.4. The number of hydrogen-bond acceptors (Lipinski definition) is 4. The maximum atomic E-state index is 12.5. The quantitative estimate of drug-likeness (QED) is 0.712. The summed E-state index contributed by atoms with van der Waals surface area (Å²) in [5.74, 6) is -0.249. The van der Waals surface area contributed by atoms with E-state index in [0.29, 0.717) is 36.1 Å². The lowest BCUT2D eigenvalue weighted by Crippen LogP contribution is -2.33. The minimum atomic E-state index is -0.249. The molecule has 0 radical (unpaired) electrons. The highest BCUT2D eigenvalue weighted by atomic mass is 35.5. The number of hydrogen-bond donors (Lipinski definition) is 2. The molecule has 1 heterocycles. The van der Waals surface area contributed by atoms with E-state index in [-0.39, 0.29) is 23.9 Å². The third-order valence-corrected chi connectivity index (χ3v) is 3.72. The highest BCUT2D eigenvalue weighted by Gasteiger charge is 2.15. The predicted octanol–water partition coefficient (Wildman–Crippen LogP) is 1.96. The summed E-state index contributed by atoms with van der Waals surface area (Å²) in [6.07, 6.45) is 2.98. The third kappa shape index (κ3) is 4.79. The molecule has 0 spiro atoms. The molecule has 0 aliphatic rings. The van der Waals surface area contributed by atoms with Crippen LogP contribution in [-0.2, 0) is 6.54 Å². The van der Waals surface area contributed by atoms with Crippen molar-refractivity contribution >= 4 is 29.1 Å². The SMILES string of the molecule is CCCCCn1nc(C(=O)NCCNC)c2ccccc2c1=O.Cl. The first-order chi connectivity index (χ1) is 11.2. The maximum absolute atomic E-state index is 12.5. The number of carbonyl (C=O) groups excluding carboxylic acids is 1. The van der Waals surface area contributed by atoms with E-state index in [0.717, 1.165) is 19.3 Å². The second-order valence-electron chi connectivity index (χ2n) is 5.49. The standard InChI is InChI=1S/C17H24N4O2.ClH/c1-3-4-7-12-21-17(23)14-9-6-5-8-13(14)15(20-21)16(22)19-11-10-18-2;/h5-6,8-9,18H,3-4,7,10-12H2,1-2H3,(H,19,22);1H. The molecule has 0 saturated carbocycles. The van der Waals surface area contributed by atoms with Crippen molar-refractivity contribution in [1.29, 1.82) is 0 Å². The summed E-state index contributed by atoms with van der Waals surface area (Å²) >= 11 is 0. The van der Waals surface area contributed by atoms with Crippen molar-refractivity contribution in [1.82, 2.24) is 20.4 Å². The third-order valence-electron chi connectivity index (χ3n) is 3.72. The molecule has 2 N–H and O–H groups in total. The van der Waals surface area contributed by atoms with Crippen LogP contribution in [0.25, 0.3) is 10.8 Å². The molecule has 24 heavy (non-hydrogen) atoms. The number of unbranched alkanes of at least 4 members (excludes halogenated alkanes) is 2. The molecule has 1 aromatic carbocycles. The Balaban J connectivity index is 0.00000288. The molecule has 0 bridgehead atoms. The Bertz CT molecular complexity index is 730. The van der Waals surface area contributed by atoms with Crippen LogP contribution in [-0.4, -0.2) is 35.8 Å². The van der Waals surface area contributed by atoms with Crippen molar-refractivity contribution in [2.24, 2.45) is 0 Å². The van der Waals surface area contributed by atoms with Gasteiger partial charge >= 0.3 is 0 Å². The molecule has 7 heteroatoms. The van der Waals surface area contributed by atoms with Crippen LogP contribution < -0.4 is 16.2 Å². The van der Waals surface area contributed by atoms with Crippen molar-refractivity contribution in [3.8, 4) is 0 Å². The zero-order valence-electron chi connectivity index (χ0n) is 14.2. The van der Waals surface area contributed by atoms with E-state index in [9.17, 15) is 9.59 Å². The first-order valence-corrected chi connectivity index (χ1v) is 8.11. The molecular formula is C17H25ClN4O2. The van der Waals surface area contributed by atoms with Gasteiger partial charge in [-0.3, -0.25) is 9.59 Å². The molecule has 0 atom stereocenters. The molecule has 0 aliphatic carbocycles. The fourth-order valence-electron chi connectivity index (χ4n) is 2.45. The van der Waals surface area contributed by atoms with Crippen molar-refractivity contribution in [3.63, 3.8) is 0 Å². The zero-order valence-corrected chi connectivity index (χ0v) is 15.0. The molecule has 0 saturated heterocycles. The summed E-state index contributed by atoms with van der Waals surface area (Å²) in [7, 11) is 1.83. The Morgan fingerprint density at radius 1 is 1.17 bits per heavy atom. The molecule has 6 nitrogen and oxygen atoms in total. The maximum Gasteiger partial charge on any atom is 0.274 e. The van der Waals surface area contributed by atoms with Gasteiger partial charge in [0.1, 0.15) is 0 Å². The van der Waals surface area contributed by atoms with E-state index in [1.165, 1.54) is 4.68 Å². The van der Waals surface area contributed by atoms with Crippen LogP contribution in [0.1, 0.15) is 36.7 Å². The molecule has 2 rings (SSSR count). The molecular weight excluding hydrogens is 328 g/mol. The second kappa shape index (κ2) is 10.1. The van der Waals surface area contributed by atoms with Crippen LogP contribution in [0.5, 0.6) is 0 Å². The Hall–Kier alpha value is -1.92. The zero-order chi connectivity index (χ0) is 16.7. The second-order valence-corrected chi connectivity index (χ2v) is 5.49. The van der Waals surface area contributed by atoms with Gasteiger partial charge < -0.3 is 10.6 Å². The summed E-state index contributed by atoms with van der Waals surface area (Å²) in [6, 6.07) is 7.14. The Kier molecular flexibility index (Phi) is 8.43. The summed E-state index contributed by atoms with van der Waals surface area (Å²) < 4.78 is 1.42. The summed E-state index contributed by atoms with van der Waals surface area (Å²) in [5.41, 5.74) is 0.177. The van der Waals surface area contributed by atoms with E-state index in [2.05, 4.69) is 22.7 Å². The summed E-state index contributed by atoms with van der Waals surface area (Å²) in [5, 5.41) is 11.3. The number of halogens is 1. The Labute approximate surface area is 148 Å².